The number of allylic oxidation sites excluding steroid dienone is 1. The molecule has 0 saturated heterocycles. The number of fused-ring (bicyclic) bond motifs is 3. The van der Waals surface area contributed by atoms with Crippen LogP contribution in [-0.4, -0.2) is 9.97 Å². The van der Waals surface area contributed by atoms with Gasteiger partial charge in [0.05, 0.1) is 4.88 Å². The monoisotopic (exact) mass is 549 g/mol. The highest BCUT2D eigenvalue weighted by molar-refractivity contribution is 7.19. The van der Waals surface area contributed by atoms with Crippen LogP contribution < -0.4 is 4.90 Å². The maximum atomic E-state index is 9.02. The Morgan fingerprint density at radius 2 is 1.34 bits per heavy atom. The van der Waals surface area contributed by atoms with E-state index in [0.29, 0.717) is 11.4 Å². The zero-order chi connectivity index (χ0) is 28.7. The summed E-state index contributed by atoms with van der Waals surface area (Å²) in [5.41, 5.74) is 10.1. The second-order valence-corrected chi connectivity index (χ2v) is 11.9. The highest BCUT2D eigenvalue weighted by atomic mass is 32.1. The first-order valence-corrected chi connectivity index (χ1v) is 14.2. The number of thiophene rings is 1. The molecule has 6 rings (SSSR count). The second-order valence-electron chi connectivity index (χ2n) is 10.8. The van der Waals surface area contributed by atoms with Crippen molar-refractivity contribution in [2.24, 2.45) is 0 Å². The molecule has 198 valence electrons. The summed E-state index contributed by atoms with van der Waals surface area (Å²) in [5.74, 6) is 0.635. The van der Waals surface area contributed by atoms with E-state index in [2.05, 4.69) is 115 Å². The number of aromatic nitrogens is 2. The maximum Gasteiger partial charge on any atom is 0.169 e. The number of nitriles is 2. The fourth-order valence-corrected chi connectivity index (χ4v) is 6.63. The minimum absolute atomic E-state index is 0.0255. The Hall–Kier alpha value is -5.04. The molecule has 0 aliphatic heterocycles. The fourth-order valence-electron chi connectivity index (χ4n) is 5.33. The Kier molecular flexibility index (Phi) is 6.50. The van der Waals surface area contributed by atoms with Gasteiger partial charge in [-0.2, -0.15) is 10.5 Å². The van der Waals surface area contributed by atoms with Crippen LogP contribution in [0.4, 0.5) is 17.1 Å². The van der Waals surface area contributed by atoms with E-state index in [1.54, 1.807) is 23.7 Å². The van der Waals surface area contributed by atoms with E-state index in [4.69, 9.17) is 10.5 Å². The summed E-state index contributed by atoms with van der Waals surface area (Å²) in [6, 6.07) is 30.1. The Morgan fingerprint density at radius 3 is 1.90 bits per heavy atom. The van der Waals surface area contributed by atoms with Crippen LogP contribution in [0.2, 0.25) is 0 Å². The number of hydrogen-bond donors (Lipinski definition) is 0. The van der Waals surface area contributed by atoms with Crippen LogP contribution in [0.25, 0.3) is 27.2 Å². The van der Waals surface area contributed by atoms with Gasteiger partial charge in [0.2, 0.25) is 0 Å². The van der Waals surface area contributed by atoms with Crippen molar-refractivity contribution in [3.8, 4) is 33.3 Å². The SMILES string of the molecule is Cc1ccc(N(c2ccc(C)cc2)c2ccc3c(c2)C(C)(C)c2cc(-c4ncc(C=C(C#N)C#N)cn4)sc2-3)cc1. The quantitative estimate of drug-likeness (QED) is 0.204. The molecule has 0 fully saturated rings. The first-order chi connectivity index (χ1) is 19.8. The van der Waals surface area contributed by atoms with Gasteiger partial charge in [0, 0.05) is 45.3 Å². The van der Waals surface area contributed by atoms with Crippen LogP contribution in [0.1, 0.15) is 41.7 Å². The van der Waals surface area contributed by atoms with E-state index < -0.39 is 0 Å². The number of aryl methyl sites for hydroxylation is 2. The third kappa shape index (κ3) is 4.69. The van der Waals surface area contributed by atoms with Crippen molar-refractivity contribution >= 4 is 34.5 Å². The fraction of sp³-hybridized carbons (Fsp3) is 0.143. The average Bonchev–Trinajstić information content (AvgIpc) is 3.52. The lowest BCUT2D eigenvalue weighted by molar-refractivity contribution is 0.662. The molecule has 0 amide bonds. The highest BCUT2D eigenvalue weighted by Gasteiger charge is 2.38. The van der Waals surface area contributed by atoms with Crippen LogP contribution in [0.5, 0.6) is 0 Å². The van der Waals surface area contributed by atoms with Gasteiger partial charge in [-0.05, 0) is 79.1 Å². The predicted molar refractivity (Wildman–Crippen MR) is 166 cm³/mol. The number of benzene rings is 3. The third-order valence-electron chi connectivity index (χ3n) is 7.61. The molecular formula is C35H27N5S. The van der Waals surface area contributed by atoms with Crippen LogP contribution in [0.15, 0.2) is 90.8 Å². The molecule has 2 heterocycles. The van der Waals surface area contributed by atoms with Gasteiger partial charge in [-0.15, -0.1) is 11.3 Å². The molecule has 0 bridgehead atoms. The molecule has 0 saturated carbocycles. The van der Waals surface area contributed by atoms with E-state index in [-0.39, 0.29) is 11.0 Å². The number of rotatable bonds is 5. The number of hydrogen-bond acceptors (Lipinski definition) is 6. The molecule has 5 nitrogen and oxygen atoms in total. The minimum Gasteiger partial charge on any atom is -0.310 e. The second kappa shape index (κ2) is 10.2. The van der Waals surface area contributed by atoms with E-state index in [0.717, 1.165) is 21.9 Å². The largest absolute Gasteiger partial charge is 0.310 e. The van der Waals surface area contributed by atoms with Gasteiger partial charge in [-0.3, -0.25) is 0 Å². The molecule has 41 heavy (non-hydrogen) atoms. The Morgan fingerprint density at radius 1 is 0.780 bits per heavy atom. The van der Waals surface area contributed by atoms with Crippen molar-refractivity contribution in [2.75, 3.05) is 4.90 Å². The summed E-state index contributed by atoms with van der Waals surface area (Å²) in [5, 5.41) is 18.0. The Bertz CT molecular complexity index is 1820. The lowest BCUT2D eigenvalue weighted by Gasteiger charge is -2.28. The standard InChI is InChI=1S/C35H27N5S/c1-22-5-9-26(10-6-22)40(27-11-7-23(2)8-12-27)28-13-14-29-30(16-28)35(3,4)31-17-32(41-33(29)31)34-38-20-25(21-39-34)15-24(18-36)19-37/h5-17,20-21H,1-4H3. The van der Waals surface area contributed by atoms with Crippen molar-refractivity contribution in [1.82, 2.24) is 9.97 Å². The summed E-state index contributed by atoms with van der Waals surface area (Å²) in [6.45, 7) is 8.78. The zero-order valence-electron chi connectivity index (χ0n) is 23.3. The van der Waals surface area contributed by atoms with Gasteiger partial charge in [0.25, 0.3) is 0 Å². The average molecular weight is 550 g/mol. The topological polar surface area (TPSA) is 76.6 Å². The molecule has 0 atom stereocenters. The van der Waals surface area contributed by atoms with Crippen LogP contribution in [0, 0.1) is 36.5 Å². The van der Waals surface area contributed by atoms with Gasteiger partial charge in [0.15, 0.2) is 5.82 Å². The normalized spacial score (nSPS) is 12.5. The van der Waals surface area contributed by atoms with Crippen LogP contribution in [0.3, 0.4) is 0 Å². The summed E-state index contributed by atoms with van der Waals surface area (Å²) < 4.78 is 0. The molecule has 0 unspecified atom stereocenters. The minimum atomic E-state index is -0.196. The molecule has 0 radical (unpaired) electrons. The molecule has 0 spiro atoms. The highest BCUT2D eigenvalue weighted by Crippen LogP contribution is 2.55. The third-order valence-corrected chi connectivity index (χ3v) is 8.78. The van der Waals surface area contributed by atoms with Gasteiger partial charge in [0.1, 0.15) is 17.7 Å². The van der Waals surface area contributed by atoms with Gasteiger partial charge >= 0.3 is 0 Å². The zero-order valence-corrected chi connectivity index (χ0v) is 24.1. The first-order valence-electron chi connectivity index (χ1n) is 13.4. The van der Waals surface area contributed by atoms with Gasteiger partial charge < -0.3 is 4.90 Å². The Labute approximate surface area is 244 Å². The number of nitrogens with zero attached hydrogens (tertiary/aromatic N) is 5. The van der Waals surface area contributed by atoms with E-state index in [1.165, 1.54) is 38.8 Å². The first kappa shape index (κ1) is 26.2. The summed E-state index contributed by atoms with van der Waals surface area (Å²) in [4.78, 5) is 13.6. The predicted octanol–water partition coefficient (Wildman–Crippen LogP) is 9.03. The van der Waals surface area contributed by atoms with E-state index in [9.17, 15) is 0 Å². The summed E-state index contributed by atoms with van der Waals surface area (Å²) in [6.07, 6.45) is 4.79. The molecule has 1 aliphatic rings. The van der Waals surface area contributed by atoms with E-state index in [1.807, 2.05) is 12.1 Å². The molecule has 2 aromatic heterocycles. The maximum absolute atomic E-state index is 9.02. The van der Waals surface area contributed by atoms with Crippen molar-refractivity contribution in [3.63, 3.8) is 0 Å². The molecular weight excluding hydrogens is 522 g/mol. The lowest BCUT2D eigenvalue weighted by Crippen LogP contribution is -2.16. The van der Waals surface area contributed by atoms with Crippen molar-refractivity contribution in [3.05, 3.63) is 119 Å². The lowest BCUT2D eigenvalue weighted by atomic mass is 9.82. The summed E-state index contributed by atoms with van der Waals surface area (Å²) >= 11 is 1.70. The number of anilines is 3. The van der Waals surface area contributed by atoms with Gasteiger partial charge in [-0.25, -0.2) is 9.97 Å². The smallest absolute Gasteiger partial charge is 0.169 e. The van der Waals surface area contributed by atoms with Crippen molar-refractivity contribution in [2.45, 2.75) is 33.1 Å². The molecule has 3 aromatic carbocycles. The summed E-state index contributed by atoms with van der Waals surface area (Å²) in [7, 11) is 0. The molecule has 6 heteroatoms. The van der Waals surface area contributed by atoms with Crippen molar-refractivity contribution in [1.29, 1.82) is 10.5 Å². The molecule has 0 N–H and O–H groups in total. The van der Waals surface area contributed by atoms with Crippen molar-refractivity contribution < 1.29 is 0 Å². The molecule has 1 aliphatic carbocycles. The van der Waals surface area contributed by atoms with Crippen LogP contribution in [-0.2, 0) is 5.41 Å². The van der Waals surface area contributed by atoms with E-state index >= 15 is 0 Å². The molecule has 5 aromatic rings. The van der Waals surface area contributed by atoms with Gasteiger partial charge in [-0.1, -0.05) is 55.3 Å². The van der Waals surface area contributed by atoms with Crippen LogP contribution >= 0.6 is 11.3 Å². The Balaban J connectivity index is 1.39.